The molecule has 7 heavy (non-hydrogen) atoms. The molecule has 0 atom stereocenters. The summed E-state index contributed by atoms with van der Waals surface area (Å²) in [6.07, 6.45) is 0. The van der Waals surface area contributed by atoms with Crippen LogP contribution in [0.4, 0.5) is 4.79 Å². The second-order valence-electron chi connectivity index (χ2n) is 1.38. The lowest BCUT2D eigenvalue weighted by molar-refractivity contribution is 0.221. The van der Waals surface area contributed by atoms with Gasteiger partial charge in [0.05, 0.1) is 0 Å². The van der Waals surface area contributed by atoms with Gasteiger partial charge >= 0.3 is 6.03 Å². The molecule has 0 heterocycles. The van der Waals surface area contributed by atoms with Crippen molar-refractivity contribution in [3.8, 4) is 0 Å². The van der Waals surface area contributed by atoms with E-state index in [1.54, 1.807) is 14.1 Å². The Kier molecular flexibility index (Phi) is 2.19. The Hall–Kier alpha value is -0.730. The lowest BCUT2D eigenvalue weighted by Crippen LogP contribution is -2.29. The van der Waals surface area contributed by atoms with Crippen molar-refractivity contribution >= 4 is 6.03 Å². The minimum atomic E-state index is -0.181. The molecule has 3 heteroatoms. The average molecular weight is 101 g/mol. The third-order valence-corrected chi connectivity index (χ3v) is 0.557. The summed E-state index contributed by atoms with van der Waals surface area (Å²) >= 11 is 0. The number of hydrogen-bond donors (Lipinski definition) is 1. The van der Waals surface area contributed by atoms with Crippen LogP contribution in [-0.4, -0.2) is 25.0 Å². The molecule has 0 aromatic rings. The minimum Gasteiger partial charge on any atom is -0.336 e. The van der Waals surface area contributed by atoms with Gasteiger partial charge in [-0.2, -0.15) is 0 Å². The van der Waals surface area contributed by atoms with E-state index in [1.807, 2.05) is 0 Å². The fourth-order valence-corrected chi connectivity index (χ4v) is 0.158. The van der Waals surface area contributed by atoms with Gasteiger partial charge in [-0.25, -0.2) is 4.79 Å². The van der Waals surface area contributed by atoms with Crippen molar-refractivity contribution < 1.29 is 4.79 Å². The largest absolute Gasteiger partial charge is 0.336 e. The van der Waals surface area contributed by atoms with E-state index in [1.165, 1.54) is 4.90 Å². The second kappa shape index (κ2) is 2.44. The zero-order valence-corrected chi connectivity index (χ0v) is 4.56. The van der Waals surface area contributed by atoms with E-state index in [9.17, 15) is 4.79 Å². The second-order valence-corrected chi connectivity index (χ2v) is 1.38. The van der Waals surface area contributed by atoms with Gasteiger partial charge in [0.15, 0.2) is 0 Å². The van der Waals surface area contributed by atoms with Crippen LogP contribution in [0.2, 0.25) is 0 Å². The lowest BCUT2D eigenvalue weighted by atomic mass is 10.8. The molecule has 0 aliphatic rings. The van der Waals surface area contributed by atoms with Crippen molar-refractivity contribution in [2.45, 2.75) is 0 Å². The number of nitrogens with zero attached hydrogens (tertiary/aromatic N) is 1. The molecule has 0 spiro atoms. The van der Waals surface area contributed by atoms with E-state index in [0.29, 0.717) is 0 Å². The first-order chi connectivity index (χ1) is 3.18. The van der Waals surface area contributed by atoms with E-state index in [2.05, 4.69) is 12.4 Å². The fraction of sp³-hybridized carbons (Fsp3) is 0.500. The zero-order valence-electron chi connectivity index (χ0n) is 4.56. The fourth-order valence-electron chi connectivity index (χ4n) is 0.158. The number of amides is 2. The Bertz CT molecular complexity index is 70.1. The quantitative estimate of drug-likeness (QED) is 0.459. The SMILES string of the molecule is [CH2]NC(=O)N(C)C. The number of carbonyl (C=O) groups excluding carboxylic acids is 1. The molecule has 3 nitrogen and oxygen atoms in total. The number of hydrogen-bond acceptors (Lipinski definition) is 1. The highest BCUT2D eigenvalue weighted by molar-refractivity contribution is 5.73. The van der Waals surface area contributed by atoms with Crippen molar-refractivity contribution in [1.82, 2.24) is 10.2 Å². The van der Waals surface area contributed by atoms with Gasteiger partial charge in [0.1, 0.15) is 0 Å². The van der Waals surface area contributed by atoms with Crippen LogP contribution in [0.5, 0.6) is 0 Å². The lowest BCUT2D eigenvalue weighted by Gasteiger charge is -2.06. The van der Waals surface area contributed by atoms with Gasteiger partial charge in [0, 0.05) is 21.1 Å². The Balaban J connectivity index is 3.35. The summed E-state index contributed by atoms with van der Waals surface area (Å²) in [4.78, 5) is 11.7. The van der Waals surface area contributed by atoms with Crippen molar-refractivity contribution in [3.05, 3.63) is 7.05 Å². The van der Waals surface area contributed by atoms with Crippen LogP contribution in [-0.2, 0) is 0 Å². The van der Waals surface area contributed by atoms with Crippen molar-refractivity contribution in [2.24, 2.45) is 0 Å². The van der Waals surface area contributed by atoms with Crippen LogP contribution >= 0.6 is 0 Å². The molecule has 0 fully saturated rings. The molecule has 41 valence electrons. The summed E-state index contributed by atoms with van der Waals surface area (Å²) < 4.78 is 0. The van der Waals surface area contributed by atoms with Gasteiger partial charge in [0.25, 0.3) is 0 Å². The topological polar surface area (TPSA) is 32.3 Å². The van der Waals surface area contributed by atoms with Gasteiger partial charge in [-0.1, -0.05) is 0 Å². The maximum absolute atomic E-state index is 10.3. The summed E-state index contributed by atoms with van der Waals surface area (Å²) in [6.45, 7) is 0. The van der Waals surface area contributed by atoms with E-state index < -0.39 is 0 Å². The summed E-state index contributed by atoms with van der Waals surface area (Å²) in [5, 5.41) is 2.20. The first-order valence-electron chi connectivity index (χ1n) is 1.93. The van der Waals surface area contributed by atoms with Gasteiger partial charge in [-0.05, 0) is 0 Å². The molecule has 0 saturated carbocycles. The van der Waals surface area contributed by atoms with Crippen LogP contribution in [0, 0.1) is 7.05 Å². The standard InChI is InChI=1S/C4H9N2O/c1-5-4(7)6(2)3/h1H2,2-3H3,(H,5,7). The predicted octanol–water partition coefficient (Wildman–Crippen LogP) is 0.0492. The van der Waals surface area contributed by atoms with Crippen LogP contribution < -0.4 is 5.32 Å². The molecule has 0 rings (SSSR count). The number of rotatable bonds is 0. The minimum absolute atomic E-state index is 0.181. The Morgan fingerprint density at radius 1 is 1.71 bits per heavy atom. The average Bonchev–Trinajstić information content (AvgIpc) is 1.65. The van der Waals surface area contributed by atoms with Gasteiger partial charge in [-0.15, -0.1) is 0 Å². The molecule has 1 radical (unpaired) electrons. The maximum atomic E-state index is 10.3. The Morgan fingerprint density at radius 2 is 2.14 bits per heavy atom. The number of carbonyl (C=O) groups is 1. The number of urea groups is 1. The molecule has 0 bridgehead atoms. The smallest absolute Gasteiger partial charge is 0.316 e. The van der Waals surface area contributed by atoms with Crippen LogP contribution in [0.3, 0.4) is 0 Å². The molecule has 2 amide bonds. The van der Waals surface area contributed by atoms with E-state index in [0.717, 1.165) is 0 Å². The Labute approximate surface area is 43.3 Å². The van der Waals surface area contributed by atoms with E-state index in [-0.39, 0.29) is 6.03 Å². The molecule has 0 aromatic heterocycles. The van der Waals surface area contributed by atoms with Gasteiger partial charge < -0.3 is 10.2 Å². The zero-order chi connectivity index (χ0) is 5.86. The van der Waals surface area contributed by atoms with Crippen molar-refractivity contribution in [3.63, 3.8) is 0 Å². The molecule has 1 N–H and O–H groups in total. The van der Waals surface area contributed by atoms with E-state index >= 15 is 0 Å². The first-order valence-corrected chi connectivity index (χ1v) is 1.93. The summed E-state index contributed by atoms with van der Waals surface area (Å²) in [6, 6.07) is -0.181. The Morgan fingerprint density at radius 3 is 2.14 bits per heavy atom. The summed E-state index contributed by atoms with van der Waals surface area (Å²) in [7, 11) is 6.47. The van der Waals surface area contributed by atoms with Crippen molar-refractivity contribution in [1.29, 1.82) is 0 Å². The van der Waals surface area contributed by atoms with Gasteiger partial charge in [-0.3, -0.25) is 0 Å². The third-order valence-electron chi connectivity index (χ3n) is 0.557. The maximum Gasteiger partial charge on any atom is 0.316 e. The molecule has 0 aromatic carbocycles. The highest BCUT2D eigenvalue weighted by atomic mass is 16.2. The highest BCUT2D eigenvalue weighted by Gasteiger charge is 1.94. The summed E-state index contributed by atoms with van der Waals surface area (Å²) in [5.41, 5.74) is 0. The first kappa shape index (κ1) is 6.27. The summed E-state index contributed by atoms with van der Waals surface area (Å²) in [5.74, 6) is 0. The van der Waals surface area contributed by atoms with Crippen LogP contribution in [0.25, 0.3) is 0 Å². The molecule has 0 unspecified atom stereocenters. The normalized spacial score (nSPS) is 7.86. The van der Waals surface area contributed by atoms with E-state index in [4.69, 9.17) is 0 Å². The van der Waals surface area contributed by atoms with Crippen LogP contribution in [0.15, 0.2) is 0 Å². The third kappa shape index (κ3) is 2.03. The highest BCUT2D eigenvalue weighted by Crippen LogP contribution is 1.71. The molecule has 0 saturated heterocycles. The molecule has 0 aliphatic carbocycles. The number of nitrogens with one attached hydrogen (secondary N) is 1. The molecule has 0 aliphatic heterocycles. The van der Waals surface area contributed by atoms with Crippen molar-refractivity contribution in [2.75, 3.05) is 14.1 Å². The molecular formula is C4H9N2O. The van der Waals surface area contributed by atoms with Gasteiger partial charge in [0.2, 0.25) is 0 Å². The predicted molar refractivity (Wildman–Crippen MR) is 27.6 cm³/mol. The monoisotopic (exact) mass is 101 g/mol. The molecular weight excluding hydrogens is 92.1 g/mol. The van der Waals surface area contributed by atoms with Crippen LogP contribution in [0.1, 0.15) is 0 Å².